The summed E-state index contributed by atoms with van der Waals surface area (Å²) in [6.07, 6.45) is 0.759. The normalized spacial score (nSPS) is 32.4. The van der Waals surface area contributed by atoms with Crippen molar-refractivity contribution in [2.45, 2.75) is 62.6 Å². The molecule has 3 saturated heterocycles. The Balaban J connectivity index is 1.50. The van der Waals surface area contributed by atoms with Gasteiger partial charge in [-0.1, -0.05) is 6.92 Å². The maximum absolute atomic E-state index is 15.8. The van der Waals surface area contributed by atoms with Gasteiger partial charge < -0.3 is 34.4 Å². The highest BCUT2D eigenvalue weighted by Crippen LogP contribution is 2.59. The van der Waals surface area contributed by atoms with Crippen LogP contribution >= 0.6 is 0 Å². The Bertz CT molecular complexity index is 1080. The number of benzene rings is 1. The van der Waals surface area contributed by atoms with Crippen LogP contribution < -0.4 is 15.5 Å². The zero-order valence-corrected chi connectivity index (χ0v) is 22.1. The van der Waals surface area contributed by atoms with Gasteiger partial charge in [-0.3, -0.25) is 14.4 Å². The van der Waals surface area contributed by atoms with E-state index in [4.69, 9.17) is 4.74 Å². The number of aliphatic hydroxyl groups excluding tert-OH is 1. The number of piperazine rings is 1. The second-order valence-electron chi connectivity index (χ2n) is 10.9. The van der Waals surface area contributed by atoms with Crippen LogP contribution in [0.1, 0.15) is 31.7 Å². The molecule has 3 amide bonds. The van der Waals surface area contributed by atoms with Gasteiger partial charge in [-0.05, 0) is 44.1 Å². The summed E-state index contributed by atoms with van der Waals surface area (Å²) in [5.74, 6) is -1.11. The van der Waals surface area contributed by atoms with Crippen LogP contribution in [0.3, 0.4) is 0 Å². The largest absolute Gasteiger partial charge is 0.394 e. The number of amides is 3. The molecule has 0 bridgehead atoms. The number of aliphatic hydroxyl groups is 1. The van der Waals surface area contributed by atoms with Gasteiger partial charge in [0.1, 0.15) is 0 Å². The predicted octanol–water partition coefficient (Wildman–Crippen LogP) is 1.72. The van der Waals surface area contributed by atoms with Crippen LogP contribution in [0.4, 0.5) is 15.5 Å². The quantitative estimate of drug-likeness (QED) is 0.404. The number of rotatable bonds is 5. The van der Waals surface area contributed by atoms with Crippen LogP contribution in [0.2, 0.25) is 18.6 Å². The topological polar surface area (TPSA) is 111 Å². The van der Waals surface area contributed by atoms with E-state index in [0.717, 1.165) is 12.8 Å². The zero-order valence-electron chi connectivity index (χ0n) is 21.1. The molecule has 1 aromatic rings. The first-order valence-electron chi connectivity index (χ1n) is 12.8. The fourth-order valence-electron chi connectivity index (χ4n) is 6.74. The Kier molecular flexibility index (Phi) is 6.47. The second-order valence-corrected chi connectivity index (χ2v) is 14.7. The Hall–Kier alpha value is -2.34. The molecule has 11 heteroatoms. The molecular formula is C25H35FN4O5Si. The summed E-state index contributed by atoms with van der Waals surface area (Å²) in [5, 5.41) is 15.6. The van der Waals surface area contributed by atoms with Crippen molar-refractivity contribution in [2.24, 2.45) is 5.92 Å². The molecule has 0 aliphatic carbocycles. The van der Waals surface area contributed by atoms with Gasteiger partial charge in [-0.25, -0.2) is 0 Å². The number of nitrogens with zero attached hydrogens (tertiary/aromatic N) is 2. The minimum atomic E-state index is -3.38. The average molecular weight is 519 g/mol. The Labute approximate surface area is 211 Å². The lowest BCUT2D eigenvalue weighted by atomic mass is 9.82. The number of likely N-dealkylation sites (tertiary alicyclic amines) is 1. The summed E-state index contributed by atoms with van der Waals surface area (Å²) in [5.41, 5.74) is -0.172. The molecule has 4 aliphatic rings. The molecule has 0 unspecified atom stereocenters. The molecule has 1 aromatic carbocycles. The van der Waals surface area contributed by atoms with Gasteiger partial charge in [0, 0.05) is 48.0 Å². The zero-order chi connectivity index (χ0) is 25.8. The van der Waals surface area contributed by atoms with E-state index in [2.05, 4.69) is 10.6 Å². The van der Waals surface area contributed by atoms with Gasteiger partial charge >= 0.3 is 0 Å². The lowest BCUT2D eigenvalue weighted by molar-refractivity contribution is -0.148. The molecule has 3 fully saturated rings. The van der Waals surface area contributed by atoms with E-state index in [1.165, 1.54) is 0 Å². The first kappa shape index (κ1) is 25.3. The number of anilines is 2. The van der Waals surface area contributed by atoms with Crippen molar-refractivity contribution in [2.75, 3.05) is 43.0 Å². The number of hydrogen-bond acceptors (Lipinski definition) is 6. The van der Waals surface area contributed by atoms with Gasteiger partial charge in [0.25, 0.3) is 5.91 Å². The SMILES string of the molecule is C[C@H]1[C@H]([Si](C)(C)F)[C@@H](CC(=O)N2CCC[C@H]2CO)O[C@]12C(=O)Nc1ccc(N3CCNCC3=O)cc12. The third kappa shape index (κ3) is 3.96. The summed E-state index contributed by atoms with van der Waals surface area (Å²) in [7, 11) is -3.38. The molecule has 4 heterocycles. The third-order valence-corrected chi connectivity index (χ3v) is 10.8. The smallest absolute Gasteiger partial charge is 0.261 e. The Morgan fingerprint density at radius 2 is 2.08 bits per heavy atom. The van der Waals surface area contributed by atoms with Crippen LogP contribution in [-0.2, 0) is 24.7 Å². The van der Waals surface area contributed by atoms with E-state index in [9.17, 15) is 19.5 Å². The van der Waals surface area contributed by atoms with Gasteiger partial charge in [0.15, 0.2) is 5.60 Å². The molecular weight excluding hydrogens is 483 g/mol. The van der Waals surface area contributed by atoms with Crippen molar-refractivity contribution in [1.82, 2.24) is 10.2 Å². The fraction of sp³-hybridized carbons (Fsp3) is 0.640. The van der Waals surface area contributed by atoms with Gasteiger partial charge in [-0.2, -0.15) is 0 Å². The maximum atomic E-state index is 15.8. The van der Waals surface area contributed by atoms with Crippen molar-refractivity contribution in [3.63, 3.8) is 0 Å². The van der Waals surface area contributed by atoms with Gasteiger partial charge in [0.2, 0.25) is 20.2 Å². The first-order valence-corrected chi connectivity index (χ1v) is 15.8. The molecule has 0 radical (unpaired) electrons. The van der Waals surface area contributed by atoms with Crippen molar-refractivity contribution < 1.29 is 28.3 Å². The van der Waals surface area contributed by atoms with Crippen molar-refractivity contribution in [3.05, 3.63) is 23.8 Å². The summed E-state index contributed by atoms with van der Waals surface area (Å²) >= 11 is 0. The first-order chi connectivity index (χ1) is 17.1. The fourth-order valence-corrected chi connectivity index (χ4v) is 9.24. The van der Waals surface area contributed by atoms with E-state index < -0.39 is 31.6 Å². The standard InChI is InChI=1S/C25H35FN4O5Si/c1-15-23(36(2,3)26)20(12-21(32)29-9-4-5-17(29)14-31)35-25(15)18-11-16(6-7-19(18)28-24(25)34)30-10-8-27-13-22(30)33/h6-7,11,15,17,20,23,27,31H,4-5,8-10,12-14H2,1-3H3,(H,28,34)/t15-,17-,20+,23-,25+/m0/s1. The van der Waals surface area contributed by atoms with Crippen LogP contribution in [0.15, 0.2) is 18.2 Å². The lowest BCUT2D eigenvalue weighted by Gasteiger charge is -2.32. The molecule has 9 nitrogen and oxygen atoms in total. The third-order valence-electron chi connectivity index (χ3n) is 8.38. The molecule has 36 heavy (non-hydrogen) atoms. The minimum absolute atomic E-state index is 0.0355. The molecule has 0 saturated carbocycles. The summed E-state index contributed by atoms with van der Waals surface area (Å²) in [6.45, 7) is 6.91. The summed E-state index contributed by atoms with van der Waals surface area (Å²) in [6, 6.07) is 5.15. The van der Waals surface area contributed by atoms with E-state index in [1.807, 2.05) is 13.0 Å². The molecule has 5 atom stereocenters. The van der Waals surface area contributed by atoms with E-state index in [0.29, 0.717) is 36.6 Å². The number of carbonyl (C=O) groups excluding carboxylic acids is 3. The van der Waals surface area contributed by atoms with Crippen LogP contribution in [0, 0.1) is 5.92 Å². The molecule has 3 N–H and O–H groups in total. The van der Waals surface area contributed by atoms with E-state index >= 15 is 4.11 Å². The molecule has 1 spiro atoms. The predicted molar refractivity (Wildman–Crippen MR) is 135 cm³/mol. The van der Waals surface area contributed by atoms with Gasteiger partial charge in [0.05, 0.1) is 31.7 Å². The monoisotopic (exact) mass is 518 g/mol. The number of halogens is 1. The summed E-state index contributed by atoms with van der Waals surface area (Å²) < 4.78 is 22.4. The summed E-state index contributed by atoms with van der Waals surface area (Å²) in [4.78, 5) is 42.6. The Morgan fingerprint density at radius 3 is 2.78 bits per heavy atom. The number of ether oxygens (including phenoxy) is 1. The highest BCUT2D eigenvalue weighted by atomic mass is 28.4. The van der Waals surface area contributed by atoms with Crippen molar-refractivity contribution >= 4 is 37.5 Å². The van der Waals surface area contributed by atoms with E-state index in [-0.39, 0.29) is 43.3 Å². The second kappa shape index (κ2) is 9.20. The van der Waals surface area contributed by atoms with Gasteiger partial charge in [-0.15, -0.1) is 0 Å². The number of hydrogen-bond donors (Lipinski definition) is 3. The molecule has 4 aliphatic heterocycles. The molecule has 196 valence electrons. The van der Waals surface area contributed by atoms with Crippen LogP contribution in [0.5, 0.6) is 0 Å². The lowest BCUT2D eigenvalue weighted by Crippen LogP contribution is -2.48. The number of nitrogens with one attached hydrogen (secondary N) is 2. The van der Waals surface area contributed by atoms with Crippen molar-refractivity contribution in [1.29, 1.82) is 0 Å². The van der Waals surface area contributed by atoms with Crippen molar-refractivity contribution in [3.8, 4) is 0 Å². The maximum Gasteiger partial charge on any atom is 0.261 e. The average Bonchev–Trinajstić information content (AvgIpc) is 3.49. The molecule has 0 aromatic heterocycles. The molecule has 5 rings (SSSR count). The number of carbonyl (C=O) groups is 3. The minimum Gasteiger partial charge on any atom is -0.394 e. The number of fused-ring (bicyclic) bond motifs is 2. The highest BCUT2D eigenvalue weighted by molar-refractivity contribution is 6.72. The Morgan fingerprint density at radius 1 is 1.31 bits per heavy atom. The van der Waals surface area contributed by atoms with Crippen LogP contribution in [0.25, 0.3) is 0 Å². The van der Waals surface area contributed by atoms with E-state index in [1.54, 1.807) is 35.0 Å². The highest BCUT2D eigenvalue weighted by Gasteiger charge is 2.65. The van der Waals surface area contributed by atoms with Crippen LogP contribution in [-0.4, -0.2) is 81.1 Å².